The fourth-order valence-electron chi connectivity index (χ4n) is 2.68. The molecule has 0 aliphatic heterocycles. The lowest BCUT2D eigenvalue weighted by molar-refractivity contribution is 0.585. The Morgan fingerprint density at radius 3 is 2.18 bits per heavy atom. The Morgan fingerprint density at radius 2 is 1.59 bits per heavy atom. The Labute approximate surface area is 140 Å². The molecule has 2 nitrogen and oxygen atoms in total. The van der Waals surface area contributed by atoms with E-state index in [0.717, 1.165) is 16.7 Å². The summed E-state index contributed by atoms with van der Waals surface area (Å²) in [5.41, 5.74) is 4.94. The summed E-state index contributed by atoms with van der Waals surface area (Å²) >= 11 is 12.1. The SMILES string of the molecule is Cc1cc2oc(-c3cc(Cl)cc(Cl)c3)nc2cc1C(C)(C)C. The zero-order valence-electron chi connectivity index (χ0n) is 13.0. The average Bonchev–Trinajstić information content (AvgIpc) is 2.78. The van der Waals surface area contributed by atoms with Gasteiger partial charge in [0, 0.05) is 15.6 Å². The summed E-state index contributed by atoms with van der Waals surface area (Å²) in [6.07, 6.45) is 0. The summed E-state index contributed by atoms with van der Waals surface area (Å²) in [4.78, 5) is 4.60. The number of benzene rings is 2. The van der Waals surface area contributed by atoms with E-state index < -0.39 is 0 Å². The van der Waals surface area contributed by atoms with Crippen LogP contribution in [-0.4, -0.2) is 4.98 Å². The molecule has 4 heteroatoms. The normalized spacial score (nSPS) is 12.1. The van der Waals surface area contributed by atoms with E-state index >= 15 is 0 Å². The van der Waals surface area contributed by atoms with E-state index in [4.69, 9.17) is 27.6 Å². The van der Waals surface area contributed by atoms with E-state index in [1.165, 1.54) is 11.1 Å². The van der Waals surface area contributed by atoms with Crippen molar-refractivity contribution in [1.29, 1.82) is 0 Å². The van der Waals surface area contributed by atoms with Crippen molar-refractivity contribution in [1.82, 2.24) is 4.98 Å². The first kappa shape index (κ1) is 15.4. The van der Waals surface area contributed by atoms with Crippen molar-refractivity contribution in [3.8, 4) is 11.5 Å². The Morgan fingerprint density at radius 1 is 0.955 bits per heavy atom. The molecule has 2 aromatic carbocycles. The van der Waals surface area contributed by atoms with Crippen molar-refractivity contribution in [3.63, 3.8) is 0 Å². The fourth-order valence-corrected chi connectivity index (χ4v) is 3.21. The molecular weight excluding hydrogens is 317 g/mol. The van der Waals surface area contributed by atoms with Crippen molar-refractivity contribution in [2.24, 2.45) is 0 Å². The number of hydrogen-bond acceptors (Lipinski definition) is 2. The van der Waals surface area contributed by atoms with Gasteiger partial charge in [0.25, 0.3) is 0 Å². The van der Waals surface area contributed by atoms with E-state index in [9.17, 15) is 0 Å². The van der Waals surface area contributed by atoms with Gasteiger partial charge in [-0.1, -0.05) is 44.0 Å². The van der Waals surface area contributed by atoms with Gasteiger partial charge in [-0.05, 0) is 53.8 Å². The van der Waals surface area contributed by atoms with E-state index in [1.54, 1.807) is 18.2 Å². The van der Waals surface area contributed by atoms with Gasteiger partial charge in [0.2, 0.25) is 5.89 Å². The molecule has 0 radical (unpaired) electrons. The smallest absolute Gasteiger partial charge is 0.227 e. The second kappa shape index (κ2) is 5.29. The quantitative estimate of drug-likeness (QED) is 0.514. The molecule has 0 unspecified atom stereocenters. The minimum absolute atomic E-state index is 0.0662. The van der Waals surface area contributed by atoms with Crippen LogP contribution in [-0.2, 0) is 5.41 Å². The topological polar surface area (TPSA) is 26.0 Å². The molecule has 0 aliphatic rings. The molecule has 0 atom stereocenters. The third-order valence-electron chi connectivity index (χ3n) is 3.65. The second-order valence-corrected chi connectivity index (χ2v) is 7.43. The third-order valence-corrected chi connectivity index (χ3v) is 4.09. The third kappa shape index (κ3) is 2.86. The summed E-state index contributed by atoms with van der Waals surface area (Å²) in [6.45, 7) is 8.68. The average molecular weight is 334 g/mol. The Hall–Kier alpha value is -1.51. The van der Waals surface area contributed by atoms with Gasteiger partial charge in [-0.3, -0.25) is 0 Å². The van der Waals surface area contributed by atoms with Crippen molar-refractivity contribution >= 4 is 34.3 Å². The van der Waals surface area contributed by atoms with Gasteiger partial charge in [0.1, 0.15) is 5.52 Å². The Balaban J connectivity index is 2.18. The van der Waals surface area contributed by atoms with E-state index in [0.29, 0.717) is 15.9 Å². The summed E-state index contributed by atoms with van der Waals surface area (Å²) < 4.78 is 5.88. The lowest BCUT2D eigenvalue weighted by Crippen LogP contribution is -2.12. The molecule has 0 spiro atoms. The number of halogens is 2. The van der Waals surface area contributed by atoms with E-state index in [1.807, 2.05) is 6.07 Å². The summed E-state index contributed by atoms with van der Waals surface area (Å²) in [7, 11) is 0. The molecule has 0 aliphatic carbocycles. The van der Waals surface area contributed by atoms with Crippen LogP contribution in [0.1, 0.15) is 31.9 Å². The van der Waals surface area contributed by atoms with Gasteiger partial charge in [-0.15, -0.1) is 0 Å². The van der Waals surface area contributed by atoms with Gasteiger partial charge >= 0.3 is 0 Å². The molecule has 22 heavy (non-hydrogen) atoms. The predicted molar refractivity (Wildman–Crippen MR) is 92.9 cm³/mol. The van der Waals surface area contributed by atoms with E-state index in [2.05, 4.69) is 38.7 Å². The minimum Gasteiger partial charge on any atom is -0.436 e. The molecule has 0 amide bonds. The standard InChI is InChI=1S/C18H17Cl2NO/c1-10-5-16-15(9-14(10)18(2,3)4)21-17(22-16)11-6-12(19)8-13(20)7-11/h5-9H,1-4H3. The maximum absolute atomic E-state index is 6.06. The molecular formula is C18H17Cl2NO. The summed E-state index contributed by atoms with van der Waals surface area (Å²) in [5, 5.41) is 1.13. The molecule has 114 valence electrons. The van der Waals surface area contributed by atoms with Gasteiger partial charge in [-0.2, -0.15) is 0 Å². The highest BCUT2D eigenvalue weighted by Gasteiger charge is 2.19. The highest BCUT2D eigenvalue weighted by Crippen LogP contribution is 2.33. The van der Waals surface area contributed by atoms with Crippen LogP contribution < -0.4 is 0 Å². The number of fused-ring (bicyclic) bond motifs is 1. The van der Waals surface area contributed by atoms with Crippen LogP contribution in [0.3, 0.4) is 0 Å². The number of aryl methyl sites for hydroxylation is 1. The maximum atomic E-state index is 6.06. The van der Waals surface area contributed by atoms with E-state index in [-0.39, 0.29) is 5.41 Å². The molecule has 3 rings (SSSR count). The van der Waals surface area contributed by atoms with Crippen LogP contribution in [0, 0.1) is 6.92 Å². The number of aromatic nitrogens is 1. The number of oxazole rings is 1. The highest BCUT2D eigenvalue weighted by molar-refractivity contribution is 6.35. The van der Waals surface area contributed by atoms with Crippen molar-refractivity contribution in [2.45, 2.75) is 33.1 Å². The summed E-state index contributed by atoms with van der Waals surface area (Å²) in [6, 6.07) is 9.44. The highest BCUT2D eigenvalue weighted by atomic mass is 35.5. The Bertz CT molecular complexity index is 839. The van der Waals surface area contributed by atoms with Crippen molar-refractivity contribution in [2.75, 3.05) is 0 Å². The van der Waals surface area contributed by atoms with Crippen molar-refractivity contribution in [3.05, 3.63) is 51.5 Å². The molecule has 0 saturated carbocycles. The zero-order valence-corrected chi connectivity index (χ0v) is 14.5. The molecule has 0 N–H and O–H groups in total. The molecule has 0 bridgehead atoms. The van der Waals surface area contributed by atoms with Crippen LogP contribution in [0.5, 0.6) is 0 Å². The van der Waals surface area contributed by atoms with Crippen LogP contribution in [0.2, 0.25) is 10.0 Å². The Kier molecular flexibility index (Phi) is 3.70. The number of rotatable bonds is 1. The minimum atomic E-state index is 0.0662. The predicted octanol–water partition coefficient (Wildman–Crippen LogP) is 6.41. The van der Waals surface area contributed by atoms with Crippen molar-refractivity contribution < 1.29 is 4.42 Å². The molecule has 0 saturated heterocycles. The van der Waals surface area contributed by atoms with Gasteiger partial charge in [-0.25, -0.2) is 4.98 Å². The lowest BCUT2D eigenvalue weighted by Gasteiger charge is -2.21. The lowest BCUT2D eigenvalue weighted by atomic mass is 9.84. The van der Waals surface area contributed by atoms with Gasteiger partial charge < -0.3 is 4.42 Å². The molecule has 1 heterocycles. The van der Waals surface area contributed by atoms with Gasteiger partial charge in [0.15, 0.2) is 5.58 Å². The van der Waals surface area contributed by atoms with Crippen LogP contribution >= 0.6 is 23.2 Å². The molecule has 3 aromatic rings. The first-order valence-corrected chi connectivity index (χ1v) is 7.88. The second-order valence-electron chi connectivity index (χ2n) is 6.56. The number of nitrogens with zero attached hydrogens (tertiary/aromatic N) is 1. The first-order chi connectivity index (χ1) is 10.2. The maximum Gasteiger partial charge on any atom is 0.227 e. The fraction of sp³-hybridized carbons (Fsp3) is 0.278. The first-order valence-electron chi connectivity index (χ1n) is 7.12. The molecule has 0 fully saturated rings. The zero-order chi connectivity index (χ0) is 16.1. The molecule has 1 aromatic heterocycles. The monoisotopic (exact) mass is 333 g/mol. The largest absolute Gasteiger partial charge is 0.436 e. The van der Waals surface area contributed by atoms with Crippen LogP contribution in [0.15, 0.2) is 34.7 Å². The number of hydrogen-bond donors (Lipinski definition) is 0. The van der Waals surface area contributed by atoms with Crippen LogP contribution in [0.25, 0.3) is 22.6 Å². The van der Waals surface area contributed by atoms with Crippen LogP contribution in [0.4, 0.5) is 0 Å². The summed E-state index contributed by atoms with van der Waals surface area (Å²) in [5.74, 6) is 0.532. The van der Waals surface area contributed by atoms with Gasteiger partial charge in [0.05, 0.1) is 0 Å².